The van der Waals surface area contributed by atoms with Gasteiger partial charge in [0.2, 0.25) is 0 Å². The van der Waals surface area contributed by atoms with Crippen LogP contribution in [0.1, 0.15) is 36.8 Å². The molecule has 0 aliphatic heterocycles. The van der Waals surface area contributed by atoms with Gasteiger partial charge >= 0.3 is 0 Å². The van der Waals surface area contributed by atoms with E-state index in [-0.39, 0.29) is 6.10 Å². The minimum absolute atomic E-state index is 0.231. The summed E-state index contributed by atoms with van der Waals surface area (Å²) in [7, 11) is 1.72. The molecule has 0 unspecified atom stereocenters. The van der Waals surface area contributed by atoms with E-state index in [1.54, 1.807) is 7.11 Å². The van der Waals surface area contributed by atoms with Gasteiger partial charge in [0.15, 0.2) is 0 Å². The quantitative estimate of drug-likeness (QED) is 0.899. The van der Waals surface area contributed by atoms with Crippen LogP contribution >= 0.6 is 0 Å². The molecule has 0 saturated heterocycles. The molecule has 0 aromatic heterocycles. The number of fused-ring (bicyclic) bond motifs is 1. The Kier molecular flexibility index (Phi) is 3.32. The molecule has 1 saturated carbocycles. The average molecular weight is 271 g/mol. The number of hydrogen-bond donors (Lipinski definition) is 1. The lowest BCUT2D eigenvalue weighted by molar-refractivity contribution is -0.104. The van der Waals surface area contributed by atoms with Gasteiger partial charge in [-0.1, -0.05) is 24.3 Å². The molecule has 3 heteroatoms. The normalized spacial score (nSPS) is 31.6. The van der Waals surface area contributed by atoms with Crippen molar-refractivity contribution in [2.24, 2.45) is 5.41 Å². The Morgan fingerprint density at radius 3 is 2.20 bits per heavy atom. The minimum atomic E-state index is -0.879. The van der Waals surface area contributed by atoms with Gasteiger partial charge in [0.05, 0.1) is 23.2 Å². The predicted octanol–water partition coefficient (Wildman–Crippen LogP) is 2.62. The summed E-state index contributed by atoms with van der Waals surface area (Å²) in [6, 6.07) is 10.7. The Balaban J connectivity index is 1.87. The highest BCUT2D eigenvalue weighted by atomic mass is 16.5. The Morgan fingerprint density at radius 1 is 1.20 bits per heavy atom. The van der Waals surface area contributed by atoms with Crippen LogP contribution in [0.5, 0.6) is 0 Å². The number of nitriles is 1. The lowest BCUT2D eigenvalue weighted by Gasteiger charge is -2.44. The van der Waals surface area contributed by atoms with E-state index in [1.807, 2.05) is 12.1 Å². The predicted molar refractivity (Wildman–Crippen MR) is 76.1 cm³/mol. The van der Waals surface area contributed by atoms with Gasteiger partial charge in [-0.05, 0) is 49.7 Å². The van der Waals surface area contributed by atoms with Crippen molar-refractivity contribution < 1.29 is 9.84 Å². The first-order valence-corrected chi connectivity index (χ1v) is 7.36. The molecule has 0 atom stereocenters. The van der Waals surface area contributed by atoms with Crippen LogP contribution < -0.4 is 0 Å². The monoisotopic (exact) mass is 271 g/mol. The van der Waals surface area contributed by atoms with Gasteiger partial charge in [0.25, 0.3) is 0 Å². The van der Waals surface area contributed by atoms with E-state index < -0.39 is 11.0 Å². The third-order valence-corrected chi connectivity index (χ3v) is 5.30. The molecule has 20 heavy (non-hydrogen) atoms. The first-order valence-electron chi connectivity index (χ1n) is 7.36. The standard InChI is InChI=1S/C17H21NO2/c1-20-15-6-8-17(19,9-7-15)16(12-18)10-13-4-2-3-5-14(13)11-16/h2-5,15,19H,6-11H2,1H3. The molecule has 0 spiro atoms. The molecule has 106 valence electrons. The summed E-state index contributed by atoms with van der Waals surface area (Å²) in [5, 5.41) is 20.9. The summed E-state index contributed by atoms with van der Waals surface area (Å²) in [4.78, 5) is 0. The number of benzene rings is 1. The second-order valence-electron chi connectivity index (χ2n) is 6.28. The number of nitrogens with zero attached hydrogens (tertiary/aromatic N) is 1. The van der Waals surface area contributed by atoms with Crippen molar-refractivity contribution in [2.45, 2.75) is 50.2 Å². The van der Waals surface area contributed by atoms with Crippen LogP contribution in [-0.4, -0.2) is 23.9 Å². The highest BCUT2D eigenvalue weighted by Gasteiger charge is 2.54. The van der Waals surface area contributed by atoms with E-state index in [0.717, 1.165) is 12.8 Å². The molecule has 0 heterocycles. The molecule has 2 aliphatic rings. The summed E-state index contributed by atoms with van der Waals surface area (Å²) in [5.74, 6) is 0. The number of methoxy groups -OCH3 is 1. The zero-order valence-electron chi connectivity index (χ0n) is 11.9. The summed E-state index contributed by atoms with van der Waals surface area (Å²) >= 11 is 0. The molecule has 1 aromatic rings. The number of hydrogen-bond acceptors (Lipinski definition) is 3. The van der Waals surface area contributed by atoms with Crippen molar-refractivity contribution >= 4 is 0 Å². The Bertz CT molecular complexity index is 513. The lowest BCUT2D eigenvalue weighted by Crippen LogP contribution is -2.51. The molecule has 0 bridgehead atoms. The smallest absolute Gasteiger partial charge is 0.0940 e. The van der Waals surface area contributed by atoms with Crippen LogP contribution in [0.15, 0.2) is 24.3 Å². The Morgan fingerprint density at radius 2 is 1.75 bits per heavy atom. The van der Waals surface area contributed by atoms with Crippen molar-refractivity contribution in [3.63, 3.8) is 0 Å². The molecule has 1 aromatic carbocycles. The van der Waals surface area contributed by atoms with Gasteiger partial charge in [-0.2, -0.15) is 5.26 Å². The third-order valence-electron chi connectivity index (χ3n) is 5.30. The van der Waals surface area contributed by atoms with Gasteiger partial charge in [-0.25, -0.2) is 0 Å². The van der Waals surface area contributed by atoms with Gasteiger partial charge in [-0.15, -0.1) is 0 Å². The zero-order valence-corrected chi connectivity index (χ0v) is 11.9. The topological polar surface area (TPSA) is 53.2 Å². The highest BCUT2D eigenvalue weighted by Crippen LogP contribution is 2.50. The van der Waals surface area contributed by atoms with Crippen molar-refractivity contribution in [3.05, 3.63) is 35.4 Å². The van der Waals surface area contributed by atoms with Gasteiger partial charge in [0, 0.05) is 7.11 Å². The van der Waals surface area contributed by atoms with Crippen molar-refractivity contribution in [2.75, 3.05) is 7.11 Å². The Labute approximate surface area is 120 Å². The molecular formula is C17H21NO2. The largest absolute Gasteiger partial charge is 0.388 e. The first-order chi connectivity index (χ1) is 9.62. The van der Waals surface area contributed by atoms with Gasteiger partial charge in [-0.3, -0.25) is 0 Å². The summed E-state index contributed by atoms with van der Waals surface area (Å²) in [6.45, 7) is 0. The summed E-state index contributed by atoms with van der Waals surface area (Å²) in [5.41, 5.74) is 0.901. The van der Waals surface area contributed by atoms with Crippen LogP contribution in [0.4, 0.5) is 0 Å². The molecule has 1 fully saturated rings. The highest BCUT2D eigenvalue weighted by molar-refractivity contribution is 5.39. The third kappa shape index (κ3) is 1.95. The second kappa shape index (κ2) is 4.87. The van der Waals surface area contributed by atoms with Crippen LogP contribution in [0.2, 0.25) is 0 Å². The molecule has 0 radical (unpaired) electrons. The average Bonchev–Trinajstić information content (AvgIpc) is 2.88. The number of ether oxygens (including phenoxy) is 1. The van der Waals surface area contributed by atoms with E-state index in [4.69, 9.17) is 4.74 Å². The SMILES string of the molecule is COC1CCC(O)(C2(C#N)Cc3ccccc3C2)CC1. The fraction of sp³-hybridized carbons (Fsp3) is 0.588. The van der Waals surface area contributed by atoms with Gasteiger partial charge in [0.1, 0.15) is 0 Å². The van der Waals surface area contributed by atoms with Crippen LogP contribution in [0.3, 0.4) is 0 Å². The van der Waals surface area contributed by atoms with Crippen LogP contribution in [-0.2, 0) is 17.6 Å². The Hall–Kier alpha value is -1.37. The van der Waals surface area contributed by atoms with E-state index in [2.05, 4.69) is 18.2 Å². The van der Waals surface area contributed by atoms with E-state index >= 15 is 0 Å². The molecule has 3 rings (SSSR count). The van der Waals surface area contributed by atoms with Crippen molar-refractivity contribution in [1.29, 1.82) is 5.26 Å². The summed E-state index contributed by atoms with van der Waals surface area (Å²) in [6.07, 6.45) is 4.58. The minimum Gasteiger partial charge on any atom is -0.388 e. The second-order valence-corrected chi connectivity index (χ2v) is 6.28. The molecule has 2 aliphatic carbocycles. The number of aliphatic hydroxyl groups is 1. The van der Waals surface area contributed by atoms with E-state index in [1.165, 1.54) is 11.1 Å². The maximum absolute atomic E-state index is 11.1. The van der Waals surface area contributed by atoms with Crippen LogP contribution in [0, 0.1) is 16.7 Å². The lowest BCUT2D eigenvalue weighted by atomic mass is 9.63. The molecular weight excluding hydrogens is 250 g/mol. The summed E-state index contributed by atoms with van der Waals surface area (Å²) < 4.78 is 5.38. The maximum atomic E-state index is 11.1. The van der Waals surface area contributed by atoms with E-state index in [0.29, 0.717) is 25.7 Å². The van der Waals surface area contributed by atoms with Crippen molar-refractivity contribution in [3.8, 4) is 6.07 Å². The molecule has 0 amide bonds. The fourth-order valence-electron chi connectivity index (χ4n) is 3.91. The zero-order chi connectivity index (χ0) is 14.2. The van der Waals surface area contributed by atoms with Gasteiger partial charge < -0.3 is 9.84 Å². The fourth-order valence-corrected chi connectivity index (χ4v) is 3.91. The van der Waals surface area contributed by atoms with Crippen molar-refractivity contribution in [1.82, 2.24) is 0 Å². The van der Waals surface area contributed by atoms with E-state index in [9.17, 15) is 10.4 Å². The molecule has 3 nitrogen and oxygen atoms in total. The number of rotatable bonds is 2. The van der Waals surface area contributed by atoms with Crippen LogP contribution in [0.25, 0.3) is 0 Å². The first kappa shape index (κ1) is 13.6. The molecule has 1 N–H and O–H groups in total. The maximum Gasteiger partial charge on any atom is 0.0940 e.